The zero-order valence-electron chi connectivity index (χ0n) is 31.9. The van der Waals surface area contributed by atoms with Gasteiger partial charge in [0.1, 0.15) is 12.7 Å². The van der Waals surface area contributed by atoms with E-state index in [-0.39, 0.29) is 32.1 Å². The first-order chi connectivity index (χ1) is 23.8. The lowest BCUT2D eigenvalue weighted by atomic mass is 10.0. The third-order valence-electron chi connectivity index (χ3n) is 9.04. The Morgan fingerprint density at radius 1 is 0.551 bits per heavy atom. The Kier molecular flexibility index (Phi) is 36.0. The van der Waals surface area contributed by atoms with Crippen LogP contribution in [0, 0.1) is 0 Å². The van der Waals surface area contributed by atoms with Crippen LogP contribution in [0.25, 0.3) is 0 Å². The van der Waals surface area contributed by atoms with Gasteiger partial charge in [0.15, 0.2) is 0 Å². The van der Waals surface area contributed by atoms with E-state index in [4.69, 9.17) is 13.8 Å². The molecule has 0 aromatic rings. The highest BCUT2D eigenvalue weighted by Crippen LogP contribution is 2.42. The van der Waals surface area contributed by atoms with Crippen molar-refractivity contribution in [2.24, 2.45) is 0 Å². The minimum absolute atomic E-state index is 0.0881. The summed E-state index contributed by atoms with van der Waals surface area (Å²) in [6, 6.07) is 0. The number of phosphoric acid groups is 1. The van der Waals surface area contributed by atoms with Gasteiger partial charge in [0.05, 0.1) is 13.2 Å². The Balaban J connectivity index is 3.50. The van der Waals surface area contributed by atoms with Crippen molar-refractivity contribution >= 4 is 19.7 Å². The van der Waals surface area contributed by atoms with E-state index in [2.05, 4.69) is 19.2 Å². The molecule has 0 fully saturated rings. The third kappa shape index (κ3) is 38.1. The van der Waals surface area contributed by atoms with Crippen LogP contribution < -0.4 is 5.32 Å². The number of amides is 1. The van der Waals surface area contributed by atoms with Gasteiger partial charge in [-0.2, -0.15) is 0 Å². The molecule has 0 spiro atoms. The lowest BCUT2D eigenvalue weighted by molar-refractivity contribution is -0.147. The highest BCUT2D eigenvalue weighted by atomic mass is 31.2. The van der Waals surface area contributed by atoms with Gasteiger partial charge in [0.25, 0.3) is 0 Å². The molecule has 1 amide bonds. The summed E-state index contributed by atoms with van der Waals surface area (Å²) in [4.78, 5) is 33.6. The highest BCUT2D eigenvalue weighted by molar-refractivity contribution is 7.47. The largest absolute Gasteiger partial charge is 0.472 e. The van der Waals surface area contributed by atoms with Crippen LogP contribution in [-0.2, 0) is 27.9 Å². The average Bonchev–Trinajstić information content (AvgIpc) is 3.08. The highest BCUT2D eigenvalue weighted by Gasteiger charge is 2.23. The smallest absolute Gasteiger partial charge is 0.463 e. The van der Waals surface area contributed by atoms with E-state index in [1.165, 1.54) is 141 Å². The molecule has 0 aliphatic rings. The predicted molar refractivity (Wildman–Crippen MR) is 202 cm³/mol. The molecule has 49 heavy (non-hydrogen) atoms. The first-order valence-corrected chi connectivity index (χ1v) is 22.0. The van der Waals surface area contributed by atoms with Gasteiger partial charge in [-0.3, -0.25) is 18.6 Å². The van der Waals surface area contributed by atoms with E-state index >= 15 is 0 Å². The molecule has 0 aliphatic carbocycles. The van der Waals surface area contributed by atoms with Crippen LogP contribution in [0.3, 0.4) is 0 Å². The van der Waals surface area contributed by atoms with Crippen LogP contribution in [0.2, 0.25) is 0 Å². The lowest BCUT2D eigenvalue weighted by Crippen LogP contribution is -2.27. The maximum atomic E-state index is 12.0. The first-order valence-electron chi connectivity index (χ1n) is 20.5. The molecule has 0 aliphatic heterocycles. The molecule has 0 saturated heterocycles. The van der Waals surface area contributed by atoms with E-state index < -0.39 is 26.5 Å². The lowest BCUT2D eigenvalue weighted by Gasteiger charge is -2.15. The molecule has 0 rings (SSSR count). The summed E-state index contributed by atoms with van der Waals surface area (Å²) >= 11 is 0. The van der Waals surface area contributed by atoms with E-state index in [1.807, 2.05) is 0 Å². The van der Waals surface area contributed by atoms with Crippen LogP contribution in [0.5, 0.6) is 0 Å². The number of aliphatic hydroxyl groups excluding tert-OH is 1. The molecule has 10 heteroatoms. The van der Waals surface area contributed by atoms with Gasteiger partial charge in [-0.1, -0.05) is 181 Å². The van der Waals surface area contributed by atoms with Gasteiger partial charge in [0.2, 0.25) is 5.91 Å². The van der Waals surface area contributed by atoms with E-state index in [0.29, 0.717) is 6.42 Å². The van der Waals surface area contributed by atoms with Crippen molar-refractivity contribution in [3.63, 3.8) is 0 Å². The van der Waals surface area contributed by atoms with E-state index in [1.54, 1.807) is 0 Å². The van der Waals surface area contributed by atoms with Crippen LogP contribution in [0.15, 0.2) is 0 Å². The number of phosphoric ester groups is 1. The number of carbonyl (C=O) groups is 2. The van der Waals surface area contributed by atoms with Crippen molar-refractivity contribution in [1.29, 1.82) is 0 Å². The average molecular weight is 720 g/mol. The zero-order valence-corrected chi connectivity index (χ0v) is 32.8. The first kappa shape index (κ1) is 48.0. The molecule has 2 atom stereocenters. The Morgan fingerprint density at radius 3 is 1.33 bits per heavy atom. The fourth-order valence-corrected chi connectivity index (χ4v) is 6.67. The molecule has 2 unspecified atom stereocenters. The number of esters is 1. The second kappa shape index (κ2) is 36.8. The summed E-state index contributed by atoms with van der Waals surface area (Å²) in [5.41, 5.74) is 0. The Morgan fingerprint density at radius 2 is 0.918 bits per heavy atom. The Labute approximate surface area is 301 Å². The quantitative estimate of drug-likeness (QED) is 0.0325. The molecule has 0 heterocycles. The molecule has 0 saturated carbocycles. The molecular formula is C39H78NO8P. The monoisotopic (exact) mass is 720 g/mol. The minimum Gasteiger partial charge on any atom is -0.463 e. The van der Waals surface area contributed by atoms with Crippen molar-refractivity contribution in [2.75, 3.05) is 26.4 Å². The van der Waals surface area contributed by atoms with Crippen LogP contribution in [0.1, 0.15) is 206 Å². The standard InChI is InChI=1S/C39H78NO8P/c1-3-5-7-9-11-12-13-14-15-16-17-18-19-20-21-22-23-24-26-27-29-31-38(42)40-33-34-47-49(44,45)48-36-37(41)35-46-39(43)32-30-28-25-10-8-6-4-2/h37,41H,3-36H2,1-2H3,(H,40,42)(H,44,45). The summed E-state index contributed by atoms with van der Waals surface area (Å²) in [6.07, 6.45) is 34.9. The Bertz CT molecular complexity index is 784. The predicted octanol–water partition coefficient (Wildman–Crippen LogP) is 10.9. The van der Waals surface area contributed by atoms with Crippen LogP contribution in [0.4, 0.5) is 0 Å². The van der Waals surface area contributed by atoms with Gasteiger partial charge in [0, 0.05) is 19.4 Å². The van der Waals surface area contributed by atoms with Crippen molar-refractivity contribution in [3.05, 3.63) is 0 Å². The van der Waals surface area contributed by atoms with Gasteiger partial charge in [-0.15, -0.1) is 0 Å². The van der Waals surface area contributed by atoms with E-state index in [9.17, 15) is 24.2 Å². The SMILES string of the molecule is CCCCCCCCCCCCCCCCCCCCCCCC(=O)NCCOP(=O)(O)OCC(O)COC(=O)CCCCCCCCC. The molecular weight excluding hydrogens is 641 g/mol. The second-order valence-corrected chi connectivity index (χ2v) is 15.4. The molecule has 0 radical (unpaired) electrons. The summed E-state index contributed by atoms with van der Waals surface area (Å²) in [7, 11) is -4.40. The maximum Gasteiger partial charge on any atom is 0.472 e. The third-order valence-corrected chi connectivity index (χ3v) is 10.0. The number of nitrogens with one attached hydrogen (secondary N) is 1. The number of aliphatic hydroxyl groups is 1. The van der Waals surface area contributed by atoms with Crippen molar-refractivity contribution in [2.45, 2.75) is 213 Å². The summed E-state index contributed by atoms with van der Waals surface area (Å²) in [5, 5.41) is 12.6. The van der Waals surface area contributed by atoms with Crippen molar-refractivity contribution in [3.8, 4) is 0 Å². The molecule has 3 N–H and O–H groups in total. The fraction of sp³-hybridized carbons (Fsp3) is 0.949. The number of hydrogen-bond donors (Lipinski definition) is 3. The van der Waals surface area contributed by atoms with Crippen molar-refractivity contribution < 1.29 is 37.9 Å². The number of carbonyl (C=O) groups excluding carboxylic acids is 2. The Hall–Kier alpha value is -0.990. The van der Waals surface area contributed by atoms with Gasteiger partial charge in [-0.25, -0.2) is 4.57 Å². The molecule has 0 aromatic carbocycles. The van der Waals surface area contributed by atoms with Crippen molar-refractivity contribution in [1.82, 2.24) is 5.32 Å². The van der Waals surface area contributed by atoms with Gasteiger partial charge < -0.3 is 20.1 Å². The number of rotatable bonds is 39. The molecule has 0 bridgehead atoms. The summed E-state index contributed by atoms with van der Waals surface area (Å²) < 4.78 is 26.7. The fourth-order valence-electron chi connectivity index (χ4n) is 5.91. The van der Waals surface area contributed by atoms with E-state index in [0.717, 1.165) is 38.5 Å². The molecule has 9 nitrogen and oxygen atoms in total. The number of unbranched alkanes of at least 4 members (excludes halogenated alkanes) is 26. The summed E-state index contributed by atoms with van der Waals surface area (Å²) in [6.45, 7) is 3.52. The molecule has 292 valence electrons. The summed E-state index contributed by atoms with van der Waals surface area (Å²) in [5.74, 6) is -0.513. The topological polar surface area (TPSA) is 131 Å². The number of hydrogen-bond acceptors (Lipinski definition) is 7. The molecule has 0 aromatic heterocycles. The van der Waals surface area contributed by atoms with Crippen LogP contribution in [-0.4, -0.2) is 54.3 Å². The van der Waals surface area contributed by atoms with Gasteiger partial charge in [-0.05, 0) is 12.8 Å². The zero-order chi connectivity index (χ0) is 36.1. The number of ether oxygens (including phenoxy) is 1. The van der Waals surface area contributed by atoms with Gasteiger partial charge >= 0.3 is 13.8 Å². The second-order valence-electron chi connectivity index (χ2n) is 14.0. The maximum absolute atomic E-state index is 12.0. The normalized spacial score (nSPS) is 13.3. The van der Waals surface area contributed by atoms with Crippen LogP contribution >= 0.6 is 7.82 Å². The minimum atomic E-state index is -4.40.